The van der Waals surface area contributed by atoms with Crippen molar-refractivity contribution in [1.29, 1.82) is 0 Å². The van der Waals surface area contributed by atoms with Gasteiger partial charge in [-0.1, -0.05) is 26.0 Å². The first kappa shape index (κ1) is 20.3. The van der Waals surface area contributed by atoms with E-state index in [-0.39, 0.29) is 6.04 Å². The summed E-state index contributed by atoms with van der Waals surface area (Å²) in [4.78, 5) is 17.8. The molecule has 6 heteroatoms. The van der Waals surface area contributed by atoms with Crippen LogP contribution in [0.5, 0.6) is 11.5 Å². The maximum absolute atomic E-state index is 11.9. The summed E-state index contributed by atoms with van der Waals surface area (Å²) in [6.45, 7) is 4.93. The molecule has 1 fully saturated rings. The summed E-state index contributed by atoms with van der Waals surface area (Å²) in [5, 5.41) is 9.75. The fraction of sp³-hybridized carbons (Fsp3) is 0.417. The van der Waals surface area contributed by atoms with Crippen molar-refractivity contribution in [2.45, 2.75) is 52.1 Å². The summed E-state index contributed by atoms with van der Waals surface area (Å²) < 4.78 is 7.94. The van der Waals surface area contributed by atoms with E-state index < -0.39 is 6.09 Å². The average Bonchev–Trinajstić information content (AvgIpc) is 3.08. The molecule has 1 heterocycles. The van der Waals surface area contributed by atoms with Gasteiger partial charge < -0.3 is 19.3 Å². The highest BCUT2D eigenvalue weighted by atomic mass is 16.5. The van der Waals surface area contributed by atoms with E-state index in [1.165, 1.54) is 0 Å². The van der Waals surface area contributed by atoms with E-state index in [4.69, 9.17) is 4.74 Å². The second-order valence-corrected chi connectivity index (χ2v) is 9.06. The van der Waals surface area contributed by atoms with Crippen molar-refractivity contribution in [3.63, 3.8) is 0 Å². The van der Waals surface area contributed by atoms with Crippen molar-refractivity contribution >= 4 is 17.1 Å². The number of amides is 1. The Morgan fingerprint density at radius 2 is 1.83 bits per heavy atom. The molecule has 3 aromatic rings. The number of carbonyl (C=O) groups is 1. The molecule has 1 aromatic heterocycles. The Hall–Kier alpha value is -3.02. The Labute approximate surface area is 177 Å². The summed E-state index contributed by atoms with van der Waals surface area (Å²) in [6, 6.07) is 13.6. The van der Waals surface area contributed by atoms with E-state index in [2.05, 4.69) is 18.8 Å². The maximum atomic E-state index is 11.9. The lowest BCUT2D eigenvalue weighted by Gasteiger charge is -2.39. The number of carboxylic acid groups (broad SMARTS) is 1. The number of ether oxygens (including phenoxy) is 1. The van der Waals surface area contributed by atoms with Crippen LogP contribution >= 0.6 is 0 Å². The Bertz CT molecular complexity index is 1030. The van der Waals surface area contributed by atoms with Crippen LogP contribution in [0.15, 0.2) is 48.8 Å². The third-order valence-electron chi connectivity index (χ3n) is 6.20. The van der Waals surface area contributed by atoms with Gasteiger partial charge in [0.15, 0.2) is 0 Å². The molecule has 0 bridgehead atoms. The zero-order valence-corrected chi connectivity index (χ0v) is 17.8. The van der Waals surface area contributed by atoms with Crippen LogP contribution in [0.4, 0.5) is 4.79 Å². The number of nitrogens with zero attached hydrogens (tertiary/aromatic N) is 3. The van der Waals surface area contributed by atoms with E-state index in [0.717, 1.165) is 53.8 Å². The van der Waals surface area contributed by atoms with E-state index in [1.54, 1.807) is 11.2 Å². The van der Waals surface area contributed by atoms with Crippen LogP contribution in [0.2, 0.25) is 0 Å². The molecule has 1 saturated carbocycles. The third-order valence-corrected chi connectivity index (χ3v) is 6.20. The van der Waals surface area contributed by atoms with Gasteiger partial charge in [0.05, 0.1) is 17.4 Å². The molecule has 1 amide bonds. The molecule has 1 aliphatic carbocycles. The van der Waals surface area contributed by atoms with Gasteiger partial charge in [0.1, 0.15) is 11.5 Å². The molecule has 2 aromatic carbocycles. The number of hydrogen-bond donors (Lipinski definition) is 1. The Morgan fingerprint density at radius 3 is 2.50 bits per heavy atom. The van der Waals surface area contributed by atoms with E-state index >= 15 is 0 Å². The van der Waals surface area contributed by atoms with Crippen LogP contribution in [0, 0.1) is 5.41 Å². The van der Waals surface area contributed by atoms with Crippen LogP contribution in [0.3, 0.4) is 0 Å². The van der Waals surface area contributed by atoms with Crippen LogP contribution in [-0.2, 0) is 13.6 Å². The quantitative estimate of drug-likeness (QED) is 0.579. The van der Waals surface area contributed by atoms with E-state index in [0.29, 0.717) is 12.0 Å². The van der Waals surface area contributed by atoms with Gasteiger partial charge in [-0.05, 0) is 60.9 Å². The number of aryl methyl sites for hydroxylation is 1. The average molecular weight is 408 g/mol. The summed E-state index contributed by atoms with van der Waals surface area (Å²) in [5.74, 6) is 1.47. The zero-order valence-electron chi connectivity index (χ0n) is 17.8. The van der Waals surface area contributed by atoms with Gasteiger partial charge in [-0.2, -0.15) is 0 Å². The predicted molar refractivity (Wildman–Crippen MR) is 117 cm³/mol. The molecule has 0 radical (unpaired) electrons. The number of hydrogen-bond acceptors (Lipinski definition) is 3. The fourth-order valence-corrected chi connectivity index (χ4v) is 4.21. The molecule has 0 spiro atoms. The minimum Gasteiger partial charge on any atom is -0.465 e. The van der Waals surface area contributed by atoms with Crippen LogP contribution in [0.1, 0.15) is 45.1 Å². The SMILES string of the molecule is Cn1cnc2ccc(Oc3ccc(CN(C(=O)O)C4CCC(C)(C)CC4)cc3)cc21. The van der Waals surface area contributed by atoms with Crippen molar-refractivity contribution in [3.05, 3.63) is 54.4 Å². The molecule has 4 rings (SSSR count). The van der Waals surface area contributed by atoms with Gasteiger partial charge in [0.2, 0.25) is 0 Å². The lowest BCUT2D eigenvalue weighted by Crippen LogP contribution is -2.42. The topological polar surface area (TPSA) is 67.6 Å². The summed E-state index contributed by atoms with van der Waals surface area (Å²) in [5.41, 5.74) is 3.23. The molecule has 1 N–H and O–H groups in total. The van der Waals surface area contributed by atoms with Crippen molar-refractivity contribution in [1.82, 2.24) is 14.5 Å². The van der Waals surface area contributed by atoms with Crippen LogP contribution in [-0.4, -0.2) is 31.7 Å². The first-order valence-corrected chi connectivity index (χ1v) is 10.5. The molecular weight excluding hydrogens is 378 g/mol. The standard InChI is InChI=1S/C24H29N3O3/c1-24(2)12-10-18(11-13-24)27(23(28)29)15-17-4-6-19(7-5-17)30-20-8-9-21-22(14-20)26(3)16-25-21/h4-9,14,16,18H,10-13,15H2,1-3H3,(H,28,29). The highest BCUT2D eigenvalue weighted by Crippen LogP contribution is 2.37. The second-order valence-electron chi connectivity index (χ2n) is 9.06. The molecule has 0 aliphatic heterocycles. The smallest absolute Gasteiger partial charge is 0.407 e. The first-order valence-electron chi connectivity index (χ1n) is 10.5. The van der Waals surface area contributed by atoms with Gasteiger partial charge >= 0.3 is 6.09 Å². The molecule has 6 nitrogen and oxygen atoms in total. The molecule has 0 saturated heterocycles. The zero-order chi connectivity index (χ0) is 21.3. The Kier molecular flexibility index (Phi) is 5.41. The Balaban J connectivity index is 1.43. The van der Waals surface area contributed by atoms with Gasteiger partial charge in [0, 0.05) is 25.7 Å². The minimum absolute atomic E-state index is 0.0945. The summed E-state index contributed by atoms with van der Waals surface area (Å²) >= 11 is 0. The second kappa shape index (κ2) is 8.01. The lowest BCUT2D eigenvalue weighted by atomic mass is 9.75. The molecule has 30 heavy (non-hydrogen) atoms. The normalized spacial score (nSPS) is 16.5. The minimum atomic E-state index is -0.843. The highest BCUT2D eigenvalue weighted by molar-refractivity contribution is 5.77. The highest BCUT2D eigenvalue weighted by Gasteiger charge is 2.32. The largest absolute Gasteiger partial charge is 0.465 e. The van der Waals surface area contributed by atoms with E-state index in [9.17, 15) is 9.90 Å². The van der Waals surface area contributed by atoms with Crippen molar-refractivity contribution in [2.75, 3.05) is 0 Å². The van der Waals surface area contributed by atoms with Crippen molar-refractivity contribution in [2.24, 2.45) is 12.5 Å². The molecule has 158 valence electrons. The summed E-state index contributed by atoms with van der Waals surface area (Å²) in [7, 11) is 1.95. The number of imidazole rings is 1. The predicted octanol–water partition coefficient (Wildman–Crippen LogP) is 5.81. The van der Waals surface area contributed by atoms with Gasteiger partial charge in [-0.15, -0.1) is 0 Å². The fourth-order valence-electron chi connectivity index (χ4n) is 4.21. The lowest BCUT2D eigenvalue weighted by molar-refractivity contribution is 0.0852. The molecular formula is C24H29N3O3. The number of benzene rings is 2. The van der Waals surface area contributed by atoms with Gasteiger partial charge in [-0.3, -0.25) is 0 Å². The maximum Gasteiger partial charge on any atom is 0.407 e. The molecule has 0 unspecified atom stereocenters. The number of fused-ring (bicyclic) bond motifs is 1. The molecule has 0 atom stereocenters. The molecule has 1 aliphatic rings. The van der Waals surface area contributed by atoms with Gasteiger partial charge in [0.25, 0.3) is 0 Å². The monoisotopic (exact) mass is 407 g/mol. The summed E-state index contributed by atoms with van der Waals surface area (Å²) in [6.07, 6.45) is 4.92. The van der Waals surface area contributed by atoms with Gasteiger partial charge in [-0.25, -0.2) is 9.78 Å². The van der Waals surface area contributed by atoms with Crippen molar-refractivity contribution in [3.8, 4) is 11.5 Å². The van der Waals surface area contributed by atoms with Crippen LogP contribution < -0.4 is 4.74 Å². The third kappa shape index (κ3) is 4.42. The first-order chi connectivity index (χ1) is 14.3. The number of aromatic nitrogens is 2. The van der Waals surface area contributed by atoms with Crippen molar-refractivity contribution < 1.29 is 14.6 Å². The van der Waals surface area contributed by atoms with E-state index in [1.807, 2.05) is 54.1 Å². The van der Waals surface area contributed by atoms with Crippen LogP contribution in [0.25, 0.3) is 11.0 Å². The number of rotatable bonds is 5. The Morgan fingerprint density at radius 1 is 1.17 bits per heavy atom.